The van der Waals surface area contributed by atoms with Crippen LogP contribution in [0.25, 0.3) is 10.8 Å². The lowest BCUT2D eigenvalue weighted by Crippen LogP contribution is -2.00. The normalized spacial score (nSPS) is 11.7. The maximum Gasteiger partial charge on any atom is 0.129 e. The highest BCUT2D eigenvalue weighted by Gasteiger charge is 2.13. The molecule has 0 radical (unpaired) electrons. The minimum Gasteiger partial charge on any atom is -0.496 e. The Morgan fingerprint density at radius 1 is 0.957 bits per heavy atom. The molecule has 0 amide bonds. The highest BCUT2D eigenvalue weighted by molar-refractivity contribution is 8.14. The van der Waals surface area contributed by atoms with E-state index < -0.39 is 0 Å². The number of methoxy groups -OCH3 is 1. The standard InChI is InChI=1S/C20H19NOS/c1-14-8-4-7-11-19(14)23-20(21-2)17-12-15-9-5-6-10-16(15)13-18(17)22-3/h4-13H,1-3H3. The SMILES string of the molecule is CN=C(Sc1ccccc1C)c1cc2ccccc2cc1OC. The number of thioether (sulfide) groups is 1. The smallest absolute Gasteiger partial charge is 0.129 e. The van der Waals surface area contributed by atoms with Crippen molar-refractivity contribution >= 4 is 27.6 Å². The molecule has 0 aliphatic carbocycles. The zero-order valence-corrected chi connectivity index (χ0v) is 14.4. The summed E-state index contributed by atoms with van der Waals surface area (Å²) < 4.78 is 5.61. The van der Waals surface area contributed by atoms with E-state index in [0.29, 0.717) is 0 Å². The molecule has 0 atom stereocenters. The van der Waals surface area contributed by atoms with Gasteiger partial charge in [-0.3, -0.25) is 4.99 Å². The lowest BCUT2D eigenvalue weighted by atomic mass is 10.1. The van der Waals surface area contributed by atoms with Gasteiger partial charge in [0.25, 0.3) is 0 Å². The number of benzene rings is 3. The van der Waals surface area contributed by atoms with E-state index in [4.69, 9.17) is 4.74 Å². The van der Waals surface area contributed by atoms with Crippen molar-refractivity contribution in [3.8, 4) is 5.75 Å². The molecule has 3 aromatic carbocycles. The highest BCUT2D eigenvalue weighted by atomic mass is 32.2. The number of aryl methyl sites for hydroxylation is 1. The molecule has 116 valence electrons. The van der Waals surface area contributed by atoms with Crippen LogP contribution in [0.3, 0.4) is 0 Å². The van der Waals surface area contributed by atoms with Gasteiger partial charge in [-0.15, -0.1) is 0 Å². The van der Waals surface area contributed by atoms with Crippen molar-refractivity contribution in [1.82, 2.24) is 0 Å². The first kappa shape index (κ1) is 15.6. The lowest BCUT2D eigenvalue weighted by molar-refractivity contribution is 0.414. The molecular formula is C20H19NOS. The first-order chi connectivity index (χ1) is 11.2. The zero-order valence-electron chi connectivity index (χ0n) is 13.5. The second-order valence-corrected chi connectivity index (χ2v) is 6.33. The van der Waals surface area contributed by atoms with Crippen molar-refractivity contribution < 1.29 is 4.74 Å². The zero-order chi connectivity index (χ0) is 16.2. The van der Waals surface area contributed by atoms with Gasteiger partial charge in [-0.25, -0.2) is 0 Å². The second kappa shape index (κ2) is 6.88. The fraction of sp³-hybridized carbons (Fsp3) is 0.150. The van der Waals surface area contributed by atoms with E-state index in [1.165, 1.54) is 21.2 Å². The Balaban J connectivity index is 2.07. The fourth-order valence-corrected chi connectivity index (χ4v) is 3.50. The van der Waals surface area contributed by atoms with Crippen molar-refractivity contribution in [1.29, 1.82) is 0 Å². The van der Waals surface area contributed by atoms with Crippen LogP contribution in [0.1, 0.15) is 11.1 Å². The number of hydrogen-bond donors (Lipinski definition) is 0. The number of fused-ring (bicyclic) bond motifs is 1. The molecule has 3 heteroatoms. The van der Waals surface area contributed by atoms with E-state index in [2.05, 4.69) is 66.5 Å². The summed E-state index contributed by atoms with van der Waals surface area (Å²) >= 11 is 1.68. The molecule has 0 aliphatic heterocycles. The van der Waals surface area contributed by atoms with E-state index in [9.17, 15) is 0 Å². The molecule has 0 aliphatic rings. The Morgan fingerprint density at radius 3 is 2.26 bits per heavy atom. The maximum atomic E-state index is 5.61. The van der Waals surface area contributed by atoms with Crippen molar-refractivity contribution in [2.45, 2.75) is 11.8 Å². The van der Waals surface area contributed by atoms with E-state index in [1.54, 1.807) is 18.9 Å². The number of ether oxygens (including phenoxy) is 1. The highest BCUT2D eigenvalue weighted by Crippen LogP contribution is 2.33. The minimum atomic E-state index is 0.852. The predicted molar refractivity (Wildman–Crippen MR) is 100.0 cm³/mol. The molecule has 3 aromatic rings. The van der Waals surface area contributed by atoms with Crippen LogP contribution in [0.15, 0.2) is 70.6 Å². The Labute approximate surface area is 141 Å². The molecule has 0 unspecified atom stereocenters. The molecule has 2 nitrogen and oxygen atoms in total. The fourth-order valence-electron chi connectivity index (χ4n) is 2.55. The molecule has 0 bridgehead atoms. The monoisotopic (exact) mass is 321 g/mol. The van der Waals surface area contributed by atoms with Gasteiger partial charge in [-0.2, -0.15) is 0 Å². The third-order valence-corrected chi connectivity index (χ3v) is 5.08. The quantitative estimate of drug-likeness (QED) is 0.370. The van der Waals surface area contributed by atoms with Crippen LogP contribution in [0.2, 0.25) is 0 Å². The van der Waals surface area contributed by atoms with Crippen LogP contribution in [-0.2, 0) is 0 Å². The molecule has 3 rings (SSSR count). The summed E-state index contributed by atoms with van der Waals surface area (Å²) in [5.41, 5.74) is 2.28. The van der Waals surface area contributed by atoms with Crippen LogP contribution < -0.4 is 4.74 Å². The van der Waals surface area contributed by atoms with Gasteiger partial charge in [0, 0.05) is 17.5 Å². The van der Waals surface area contributed by atoms with Crippen molar-refractivity contribution in [3.05, 3.63) is 71.8 Å². The van der Waals surface area contributed by atoms with E-state index in [-0.39, 0.29) is 0 Å². The summed E-state index contributed by atoms with van der Waals surface area (Å²) in [7, 11) is 3.54. The summed E-state index contributed by atoms with van der Waals surface area (Å²) in [5, 5.41) is 3.32. The second-order valence-electron chi connectivity index (χ2n) is 5.30. The average molecular weight is 321 g/mol. The minimum absolute atomic E-state index is 0.852. The third kappa shape index (κ3) is 3.25. The number of nitrogens with zero attached hydrogens (tertiary/aromatic N) is 1. The van der Waals surface area contributed by atoms with Gasteiger partial charge >= 0.3 is 0 Å². The molecule has 0 spiro atoms. The van der Waals surface area contributed by atoms with Gasteiger partial charge in [0.05, 0.1) is 7.11 Å². The van der Waals surface area contributed by atoms with Gasteiger partial charge < -0.3 is 4.74 Å². The molecule has 0 fully saturated rings. The van der Waals surface area contributed by atoms with Crippen LogP contribution in [0.5, 0.6) is 5.75 Å². The molecule has 0 aromatic heterocycles. The Hall–Kier alpha value is -2.26. The molecule has 23 heavy (non-hydrogen) atoms. The lowest BCUT2D eigenvalue weighted by Gasteiger charge is -2.13. The van der Waals surface area contributed by atoms with Gasteiger partial charge in [0.1, 0.15) is 10.8 Å². The van der Waals surface area contributed by atoms with Gasteiger partial charge in [0.15, 0.2) is 0 Å². The molecule has 0 saturated carbocycles. The molecule has 0 heterocycles. The van der Waals surface area contributed by atoms with E-state index in [0.717, 1.165) is 16.4 Å². The largest absolute Gasteiger partial charge is 0.496 e. The Kier molecular flexibility index (Phi) is 4.68. The van der Waals surface area contributed by atoms with Gasteiger partial charge in [-0.05, 0) is 41.5 Å². The molecule has 0 saturated heterocycles. The van der Waals surface area contributed by atoms with Crippen molar-refractivity contribution in [3.63, 3.8) is 0 Å². The summed E-state index contributed by atoms with van der Waals surface area (Å²) in [6.07, 6.45) is 0. The van der Waals surface area contributed by atoms with Crippen LogP contribution in [0.4, 0.5) is 0 Å². The van der Waals surface area contributed by atoms with Gasteiger partial charge in [0.2, 0.25) is 0 Å². The number of hydrogen-bond acceptors (Lipinski definition) is 3. The van der Waals surface area contributed by atoms with E-state index in [1.807, 2.05) is 13.1 Å². The molecular weight excluding hydrogens is 302 g/mol. The van der Waals surface area contributed by atoms with Crippen molar-refractivity contribution in [2.24, 2.45) is 4.99 Å². The number of aliphatic imine (C=N–C) groups is 1. The third-order valence-electron chi connectivity index (χ3n) is 3.80. The van der Waals surface area contributed by atoms with Crippen LogP contribution in [-0.4, -0.2) is 19.2 Å². The van der Waals surface area contributed by atoms with Crippen LogP contribution in [0, 0.1) is 6.92 Å². The van der Waals surface area contributed by atoms with E-state index >= 15 is 0 Å². The average Bonchev–Trinajstić information content (AvgIpc) is 2.60. The van der Waals surface area contributed by atoms with Gasteiger partial charge in [-0.1, -0.05) is 54.2 Å². The molecule has 0 N–H and O–H groups in total. The summed E-state index contributed by atoms with van der Waals surface area (Å²) in [4.78, 5) is 5.72. The predicted octanol–water partition coefficient (Wildman–Crippen LogP) is 5.33. The Bertz CT molecular complexity index is 870. The van der Waals surface area contributed by atoms with Crippen molar-refractivity contribution in [2.75, 3.05) is 14.2 Å². The summed E-state index contributed by atoms with van der Waals surface area (Å²) in [6.45, 7) is 2.12. The Morgan fingerprint density at radius 2 is 1.61 bits per heavy atom. The van der Waals surface area contributed by atoms with Crippen LogP contribution >= 0.6 is 11.8 Å². The maximum absolute atomic E-state index is 5.61. The summed E-state index contributed by atoms with van der Waals surface area (Å²) in [6, 6.07) is 20.9. The first-order valence-electron chi connectivity index (χ1n) is 7.50. The summed E-state index contributed by atoms with van der Waals surface area (Å²) in [5.74, 6) is 0.852. The number of rotatable bonds is 3. The topological polar surface area (TPSA) is 21.6 Å². The first-order valence-corrected chi connectivity index (χ1v) is 8.32.